The molecule has 0 spiro atoms. The third-order valence-electron chi connectivity index (χ3n) is 6.48. The van der Waals surface area contributed by atoms with Crippen LogP contribution >= 0.6 is 0 Å². The number of unbranched alkanes of at least 4 members (excludes halogenated alkanes) is 2. The molecule has 3 rings (SSSR count). The topological polar surface area (TPSA) is 90.2 Å². The predicted molar refractivity (Wildman–Crippen MR) is 137 cm³/mol. The molecule has 1 aliphatic heterocycles. The normalized spacial score (nSPS) is 23.4. The van der Waals surface area contributed by atoms with Crippen molar-refractivity contribution in [3.05, 3.63) is 62.9 Å². The fraction of sp³-hybridized carbons (Fsp3) is 0.630. The van der Waals surface area contributed by atoms with Crippen LogP contribution in [0.25, 0.3) is 0 Å². The van der Waals surface area contributed by atoms with Gasteiger partial charge in [-0.1, -0.05) is 38.8 Å². The Hall–Kier alpha value is -2.53. The molecule has 0 radical (unpaired) electrons. The van der Waals surface area contributed by atoms with Gasteiger partial charge in [-0.05, 0) is 30.5 Å². The second kappa shape index (κ2) is 13.9. The summed E-state index contributed by atoms with van der Waals surface area (Å²) in [6, 6.07) is 8.26. The summed E-state index contributed by atoms with van der Waals surface area (Å²) in [4.78, 5) is 26.0. The fourth-order valence-electron chi connectivity index (χ4n) is 4.41. The molecule has 10 heteroatoms. The highest BCUT2D eigenvalue weighted by Gasteiger charge is 2.58. The van der Waals surface area contributed by atoms with Crippen molar-refractivity contribution in [2.24, 2.45) is 0 Å². The number of alkyl halides is 1. The zero-order valence-electron chi connectivity index (χ0n) is 22.2. The highest BCUT2D eigenvalue weighted by atomic mass is 19.1. The van der Waals surface area contributed by atoms with Gasteiger partial charge in [-0.3, -0.25) is 13.9 Å². The van der Waals surface area contributed by atoms with Crippen molar-refractivity contribution in [1.82, 2.24) is 9.13 Å². The number of hydrogen-bond acceptors (Lipinski definition) is 7. The molecule has 9 nitrogen and oxygen atoms in total. The number of rotatable bonds is 15. The Morgan fingerprint density at radius 3 is 2.35 bits per heavy atom. The van der Waals surface area contributed by atoms with Gasteiger partial charge in [-0.25, -0.2) is 9.18 Å². The van der Waals surface area contributed by atoms with Gasteiger partial charge in [0.25, 0.3) is 5.56 Å². The third-order valence-corrected chi connectivity index (χ3v) is 6.48. The molecule has 1 fully saturated rings. The Bertz CT molecular complexity index is 1090. The maximum atomic E-state index is 16.1. The minimum absolute atomic E-state index is 0.0198. The maximum absolute atomic E-state index is 16.1. The number of aromatic nitrogens is 2. The van der Waals surface area contributed by atoms with Gasteiger partial charge in [0.1, 0.15) is 17.5 Å². The first-order valence-corrected chi connectivity index (χ1v) is 12.9. The lowest BCUT2D eigenvalue weighted by molar-refractivity contribution is -0.176. The summed E-state index contributed by atoms with van der Waals surface area (Å²) in [5.41, 5.74) is -1.70. The lowest BCUT2D eigenvalue weighted by Crippen LogP contribution is -2.51. The molecule has 4 atom stereocenters. The second-order valence-electron chi connectivity index (χ2n) is 9.28. The molecule has 0 saturated carbocycles. The van der Waals surface area contributed by atoms with Crippen LogP contribution in [0.4, 0.5) is 4.39 Å². The van der Waals surface area contributed by atoms with E-state index < -0.39 is 35.4 Å². The van der Waals surface area contributed by atoms with Crippen LogP contribution in [-0.2, 0) is 25.5 Å². The van der Waals surface area contributed by atoms with Gasteiger partial charge in [0.2, 0.25) is 0 Å². The Morgan fingerprint density at radius 2 is 1.70 bits per heavy atom. The molecule has 0 N–H and O–H groups in total. The van der Waals surface area contributed by atoms with Gasteiger partial charge < -0.3 is 23.7 Å². The van der Waals surface area contributed by atoms with Crippen LogP contribution in [0.3, 0.4) is 0 Å². The van der Waals surface area contributed by atoms with Crippen LogP contribution in [0.2, 0.25) is 0 Å². The van der Waals surface area contributed by atoms with Crippen LogP contribution in [0.15, 0.2) is 46.1 Å². The molecular formula is C27H39FN2O7. The first-order chi connectivity index (χ1) is 17.9. The van der Waals surface area contributed by atoms with Crippen LogP contribution in [0.1, 0.15) is 51.3 Å². The summed E-state index contributed by atoms with van der Waals surface area (Å²) in [6.45, 7) is 4.99. The van der Waals surface area contributed by atoms with E-state index >= 15 is 4.39 Å². The van der Waals surface area contributed by atoms with Crippen LogP contribution < -0.4 is 16.0 Å². The molecule has 0 unspecified atom stereocenters. The first-order valence-electron chi connectivity index (χ1n) is 12.9. The smallest absolute Gasteiger partial charge is 0.333 e. The molecule has 0 bridgehead atoms. The van der Waals surface area contributed by atoms with Crippen molar-refractivity contribution in [1.29, 1.82) is 0 Å². The summed E-state index contributed by atoms with van der Waals surface area (Å²) >= 11 is 0. The average molecular weight is 523 g/mol. The van der Waals surface area contributed by atoms with Crippen molar-refractivity contribution >= 4 is 0 Å². The van der Waals surface area contributed by atoms with E-state index in [4.69, 9.17) is 23.7 Å². The highest BCUT2D eigenvalue weighted by molar-refractivity contribution is 5.27. The zero-order valence-corrected chi connectivity index (χ0v) is 22.2. The van der Waals surface area contributed by atoms with Crippen LogP contribution in [0, 0.1) is 0 Å². The van der Waals surface area contributed by atoms with Crippen molar-refractivity contribution in [3.63, 3.8) is 0 Å². The van der Waals surface area contributed by atoms with Gasteiger partial charge in [0, 0.05) is 32.6 Å². The van der Waals surface area contributed by atoms with E-state index in [1.807, 2.05) is 6.92 Å². The number of methoxy groups -OCH3 is 2. The van der Waals surface area contributed by atoms with E-state index in [1.165, 1.54) is 19.4 Å². The largest absolute Gasteiger partial charge is 0.497 e. The van der Waals surface area contributed by atoms with E-state index in [9.17, 15) is 9.59 Å². The number of ether oxygens (including phenoxy) is 5. The minimum atomic E-state index is -1.69. The fourth-order valence-corrected chi connectivity index (χ4v) is 4.41. The Kier molecular flexibility index (Phi) is 10.9. The Labute approximate surface area is 217 Å². The molecular weight excluding hydrogens is 483 g/mol. The van der Waals surface area contributed by atoms with Gasteiger partial charge >= 0.3 is 5.69 Å². The first kappa shape index (κ1) is 29.0. The minimum Gasteiger partial charge on any atom is -0.497 e. The summed E-state index contributed by atoms with van der Waals surface area (Å²) < 4.78 is 46.9. The van der Waals surface area contributed by atoms with Crippen molar-refractivity contribution in [3.8, 4) is 5.75 Å². The molecule has 0 amide bonds. The number of nitrogens with zero attached hydrogens (tertiary/aromatic N) is 2. The number of halogens is 1. The average Bonchev–Trinajstić information content (AvgIpc) is 3.16. The van der Waals surface area contributed by atoms with E-state index in [-0.39, 0.29) is 19.8 Å². The van der Waals surface area contributed by atoms with Crippen LogP contribution in [-0.4, -0.2) is 67.7 Å². The maximum Gasteiger partial charge on any atom is 0.333 e. The predicted octanol–water partition coefficient (Wildman–Crippen LogP) is 3.32. The number of benzene rings is 1. The summed E-state index contributed by atoms with van der Waals surface area (Å²) in [5.74, 6) is 0.658. The van der Waals surface area contributed by atoms with Gasteiger partial charge in [0.05, 0.1) is 26.9 Å². The van der Waals surface area contributed by atoms with E-state index in [2.05, 4.69) is 6.92 Å². The van der Waals surface area contributed by atoms with Crippen molar-refractivity contribution < 1.29 is 28.1 Å². The molecule has 1 saturated heterocycles. The number of hydrogen-bond donors (Lipinski definition) is 0. The highest BCUT2D eigenvalue weighted by Crippen LogP contribution is 2.41. The SMILES string of the molecule is CCCCOC[C@@]1(COC)O[C@@H](n2ccc(=O)n(Cc3ccc(OC)cc3)c2=O)[C@H](F)[C@@H]1OCCCC. The molecule has 206 valence electrons. The molecule has 1 aliphatic rings. The molecule has 37 heavy (non-hydrogen) atoms. The Morgan fingerprint density at radius 1 is 1.00 bits per heavy atom. The monoisotopic (exact) mass is 522 g/mol. The zero-order chi connectivity index (χ0) is 26.8. The van der Waals surface area contributed by atoms with Gasteiger partial charge in [-0.2, -0.15) is 0 Å². The third kappa shape index (κ3) is 6.87. The van der Waals surface area contributed by atoms with Crippen molar-refractivity contribution in [2.45, 2.75) is 70.2 Å². The van der Waals surface area contributed by atoms with Crippen molar-refractivity contribution in [2.75, 3.05) is 40.6 Å². The van der Waals surface area contributed by atoms with Gasteiger partial charge in [0.15, 0.2) is 12.4 Å². The standard InChI is InChI=1S/C27H39FN2O7/c1-5-7-15-35-19-27(18-33-3)24(36-16-8-6-2)23(28)25(37-27)29-14-13-22(31)30(26(29)32)17-20-9-11-21(34-4)12-10-20/h9-14,23-25H,5-8,15-19H2,1-4H3/t23-,24+,25-,27-/m1/s1. The lowest BCUT2D eigenvalue weighted by atomic mass is 9.97. The Balaban J connectivity index is 1.94. The van der Waals surface area contributed by atoms with E-state index in [0.29, 0.717) is 19.0 Å². The van der Waals surface area contributed by atoms with E-state index in [0.717, 1.165) is 40.4 Å². The molecule has 0 aliphatic carbocycles. The molecule has 1 aromatic carbocycles. The summed E-state index contributed by atoms with van der Waals surface area (Å²) in [7, 11) is 3.06. The van der Waals surface area contributed by atoms with E-state index in [1.54, 1.807) is 31.4 Å². The summed E-state index contributed by atoms with van der Waals surface area (Å²) in [5, 5.41) is 0. The molecule has 2 heterocycles. The van der Waals surface area contributed by atoms with Crippen LogP contribution in [0.5, 0.6) is 5.75 Å². The molecule has 2 aromatic rings. The molecule has 1 aromatic heterocycles. The second-order valence-corrected chi connectivity index (χ2v) is 9.28. The summed E-state index contributed by atoms with van der Waals surface area (Å²) in [6.07, 6.45) is 0.694. The quantitative estimate of drug-likeness (QED) is 0.332. The van der Waals surface area contributed by atoms with Gasteiger partial charge in [-0.15, -0.1) is 0 Å². The lowest BCUT2D eigenvalue weighted by Gasteiger charge is -2.33.